The van der Waals surface area contributed by atoms with Gasteiger partial charge in [0, 0.05) is 16.9 Å². The lowest BCUT2D eigenvalue weighted by atomic mass is 10.2. The van der Waals surface area contributed by atoms with E-state index in [9.17, 15) is 19.5 Å². The van der Waals surface area contributed by atoms with E-state index in [-0.39, 0.29) is 11.6 Å². The number of carbonyl (C=O) groups excluding carboxylic acids is 1. The highest BCUT2D eigenvalue weighted by Gasteiger charge is 2.13. The summed E-state index contributed by atoms with van der Waals surface area (Å²) >= 11 is 0. The Hall–Kier alpha value is -4.53. The molecule has 1 amide bonds. The Morgan fingerprint density at radius 1 is 0.933 bits per heavy atom. The van der Waals surface area contributed by atoms with E-state index in [1.54, 1.807) is 48.5 Å². The van der Waals surface area contributed by atoms with Crippen molar-refractivity contribution in [1.82, 2.24) is 15.0 Å². The molecule has 0 aliphatic carbocycles. The quantitative estimate of drug-likeness (QED) is 0.403. The fourth-order valence-electron chi connectivity index (χ4n) is 2.84. The molecule has 0 unspecified atom stereocenters. The van der Waals surface area contributed by atoms with Crippen LogP contribution in [-0.2, 0) is 0 Å². The number of carboxylic acids is 1. The van der Waals surface area contributed by atoms with Crippen LogP contribution in [0.1, 0.15) is 20.7 Å². The molecule has 4 rings (SSSR count). The van der Waals surface area contributed by atoms with Crippen LogP contribution in [0.25, 0.3) is 11.0 Å². The number of nitrogens with zero attached hydrogens (tertiary/aromatic N) is 2. The number of rotatable bonds is 5. The first-order valence-electron chi connectivity index (χ1n) is 8.86. The van der Waals surface area contributed by atoms with Crippen LogP contribution in [0, 0.1) is 0 Å². The number of aromatic carboxylic acids is 1. The van der Waals surface area contributed by atoms with E-state index in [1.165, 1.54) is 12.4 Å². The van der Waals surface area contributed by atoms with Gasteiger partial charge in [-0.05, 0) is 42.5 Å². The van der Waals surface area contributed by atoms with E-state index in [1.807, 2.05) is 6.07 Å². The van der Waals surface area contributed by atoms with Crippen LogP contribution >= 0.6 is 0 Å². The zero-order chi connectivity index (χ0) is 21.1. The monoisotopic (exact) mass is 401 g/mol. The fraction of sp³-hybridized carbons (Fsp3) is 0. The number of carboxylic acid groups (broad SMARTS) is 1. The summed E-state index contributed by atoms with van der Waals surface area (Å²) in [6, 6.07) is 17.0. The Morgan fingerprint density at radius 2 is 1.63 bits per heavy atom. The van der Waals surface area contributed by atoms with E-state index in [0.29, 0.717) is 28.1 Å². The number of hydrogen-bond donors (Lipinski definition) is 4. The first-order chi connectivity index (χ1) is 14.5. The number of H-pyrrole nitrogens is 1. The molecule has 2 aromatic carbocycles. The Bertz CT molecular complexity index is 1300. The highest BCUT2D eigenvalue weighted by molar-refractivity contribution is 6.04. The molecule has 0 aliphatic heterocycles. The van der Waals surface area contributed by atoms with Gasteiger partial charge in [0.2, 0.25) is 0 Å². The highest BCUT2D eigenvalue weighted by Crippen LogP contribution is 2.23. The third kappa shape index (κ3) is 3.85. The van der Waals surface area contributed by atoms with Crippen molar-refractivity contribution >= 4 is 40.1 Å². The van der Waals surface area contributed by atoms with Gasteiger partial charge in [0.1, 0.15) is 23.4 Å². The second kappa shape index (κ2) is 7.84. The van der Waals surface area contributed by atoms with Gasteiger partial charge in [-0.25, -0.2) is 14.8 Å². The molecular weight excluding hydrogens is 386 g/mol. The summed E-state index contributed by atoms with van der Waals surface area (Å²) in [6.07, 6.45) is 1.26. The van der Waals surface area contributed by atoms with Crippen molar-refractivity contribution in [2.24, 2.45) is 0 Å². The zero-order valence-electron chi connectivity index (χ0n) is 15.4. The molecule has 2 heterocycles. The summed E-state index contributed by atoms with van der Waals surface area (Å²) in [7, 11) is 0. The highest BCUT2D eigenvalue weighted by atomic mass is 16.4. The lowest BCUT2D eigenvalue weighted by Gasteiger charge is -2.10. The zero-order valence-corrected chi connectivity index (χ0v) is 15.4. The molecule has 9 heteroatoms. The SMILES string of the molecule is O=C(Nc1ccc(Nc2ncnc3[nH]c(=O)c(C(=O)O)cc23)cc1)c1ccccc1. The minimum Gasteiger partial charge on any atom is -0.477 e. The van der Waals surface area contributed by atoms with Gasteiger partial charge in [0.25, 0.3) is 11.5 Å². The topological polar surface area (TPSA) is 137 Å². The molecular formula is C21H15N5O4. The summed E-state index contributed by atoms with van der Waals surface area (Å²) in [5.41, 5.74) is 0.886. The van der Waals surface area contributed by atoms with Crippen molar-refractivity contribution in [2.45, 2.75) is 0 Å². The largest absolute Gasteiger partial charge is 0.477 e. The van der Waals surface area contributed by atoms with Gasteiger partial charge in [-0.1, -0.05) is 18.2 Å². The molecule has 0 bridgehead atoms. The van der Waals surface area contributed by atoms with Gasteiger partial charge < -0.3 is 20.7 Å². The minimum absolute atomic E-state index is 0.217. The molecule has 4 aromatic rings. The number of aromatic amines is 1. The van der Waals surface area contributed by atoms with E-state index >= 15 is 0 Å². The summed E-state index contributed by atoms with van der Waals surface area (Å²) in [5, 5.41) is 15.4. The van der Waals surface area contributed by atoms with Gasteiger partial charge >= 0.3 is 5.97 Å². The van der Waals surface area contributed by atoms with E-state index < -0.39 is 17.1 Å². The van der Waals surface area contributed by atoms with Crippen LogP contribution in [0.4, 0.5) is 17.2 Å². The second-order valence-electron chi connectivity index (χ2n) is 6.32. The number of hydrogen-bond acceptors (Lipinski definition) is 6. The molecule has 0 spiro atoms. The maximum absolute atomic E-state index is 12.2. The molecule has 9 nitrogen and oxygen atoms in total. The molecule has 0 radical (unpaired) electrons. The maximum atomic E-state index is 12.2. The molecule has 0 saturated carbocycles. The molecule has 0 fully saturated rings. The van der Waals surface area contributed by atoms with Crippen molar-refractivity contribution in [2.75, 3.05) is 10.6 Å². The fourth-order valence-corrected chi connectivity index (χ4v) is 2.84. The number of pyridine rings is 1. The molecule has 148 valence electrons. The molecule has 2 aromatic heterocycles. The summed E-state index contributed by atoms with van der Waals surface area (Å²) < 4.78 is 0. The third-order valence-corrected chi connectivity index (χ3v) is 4.32. The van der Waals surface area contributed by atoms with Crippen LogP contribution in [-0.4, -0.2) is 31.9 Å². The average Bonchev–Trinajstić information content (AvgIpc) is 2.75. The Balaban J connectivity index is 1.57. The normalized spacial score (nSPS) is 10.5. The Morgan fingerprint density at radius 3 is 2.33 bits per heavy atom. The van der Waals surface area contributed by atoms with Crippen molar-refractivity contribution in [1.29, 1.82) is 0 Å². The summed E-state index contributed by atoms with van der Waals surface area (Å²) in [4.78, 5) is 45.8. The molecule has 30 heavy (non-hydrogen) atoms. The van der Waals surface area contributed by atoms with E-state index in [4.69, 9.17) is 0 Å². The van der Waals surface area contributed by atoms with Gasteiger partial charge in [0.05, 0.1) is 5.39 Å². The van der Waals surface area contributed by atoms with Crippen LogP contribution in [0.15, 0.2) is 71.8 Å². The summed E-state index contributed by atoms with van der Waals surface area (Å²) in [5.74, 6) is -1.23. The van der Waals surface area contributed by atoms with Crippen molar-refractivity contribution in [3.8, 4) is 0 Å². The van der Waals surface area contributed by atoms with Crippen molar-refractivity contribution in [3.63, 3.8) is 0 Å². The number of amides is 1. The number of aromatic nitrogens is 3. The lowest BCUT2D eigenvalue weighted by molar-refractivity contribution is 0.0695. The predicted molar refractivity (Wildman–Crippen MR) is 111 cm³/mol. The maximum Gasteiger partial charge on any atom is 0.341 e. The van der Waals surface area contributed by atoms with Gasteiger partial charge in [-0.3, -0.25) is 9.59 Å². The van der Waals surface area contributed by atoms with Crippen molar-refractivity contribution < 1.29 is 14.7 Å². The van der Waals surface area contributed by atoms with Crippen LogP contribution in [0.2, 0.25) is 0 Å². The minimum atomic E-state index is -1.34. The van der Waals surface area contributed by atoms with Crippen LogP contribution < -0.4 is 16.2 Å². The number of carbonyl (C=O) groups is 2. The standard InChI is InChI=1S/C21H15N5O4/c27-19(12-4-2-1-3-5-12)25-14-8-6-13(7-9-14)24-17-15-10-16(21(29)30)20(28)26-18(15)23-11-22-17/h1-11H,(H,25,27)(H,29,30)(H2,22,23,24,26,28). The third-order valence-electron chi connectivity index (χ3n) is 4.32. The second-order valence-corrected chi connectivity index (χ2v) is 6.32. The first kappa shape index (κ1) is 18.8. The predicted octanol–water partition coefficient (Wildman–Crippen LogP) is 3.01. The summed E-state index contributed by atoms with van der Waals surface area (Å²) in [6.45, 7) is 0. The van der Waals surface area contributed by atoms with Gasteiger partial charge in [0.15, 0.2) is 0 Å². The number of nitrogens with one attached hydrogen (secondary N) is 3. The molecule has 0 atom stereocenters. The average molecular weight is 401 g/mol. The van der Waals surface area contributed by atoms with E-state index in [0.717, 1.165) is 0 Å². The smallest absolute Gasteiger partial charge is 0.341 e. The van der Waals surface area contributed by atoms with Gasteiger partial charge in [-0.2, -0.15) is 0 Å². The lowest BCUT2D eigenvalue weighted by Crippen LogP contribution is -2.17. The number of benzene rings is 2. The van der Waals surface area contributed by atoms with E-state index in [2.05, 4.69) is 25.6 Å². The molecule has 0 saturated heterocycles. The van der Waals surface area contributed by atoms with Crippen molar-refractivity contribution in [3.05, 3.63) is 88.5 Å². The Kier molecular flexibility index (Phi) is 4.92. The molecule has 4 N–H and O–H groups in total. The number of anilines is 3. The van der Waals surface area contributed by atoms with Crippen LogP contribution in [0.5, 0.6) is 0 Å². The molecule has 0 aliphatic rings. The van der Waals surface area contributed by atoms with Gasteiger partial charge in [-0.15, -0.1) is 0 Å². The number of fused-ring (bicyclic) bond motifs is 1. The first-order valence-corrected chi connectivity index (χ1v) is 8.86. The Labute approximate surface area is 169 Å². The van der Waals surface area contributed by atoms with Crippen LogP contribution in [0.3, 0.4) is 0 Å².